The zero-order valence-corrected chi connectivity index (χ0v) is 13.3. The number of hydrogen-bond acceptors (Lipinski definition) is 3. The summed E-state index contributed by atoms with van der Waals surface area (Å²) in [4.78, 5) is 11.8. The zero-order chi connectivity index (χ0) is 15.2. The molecule has 0 fully saturated rings. The van der Waals surface area contributed by atoms with Crippen LogP contribution < -0.4 is 15.8 Å². The van der Waals surface area contributed by atoms with Gasteiger partial charge in [0, 0.05) is 16.2 Å². The lowest BCUT2D eigenvalue weighted by atomic mass is 10.1. The molecule has 0 aromatic heterocycles. The van der Waals surface area contributed by atoms with Gasteiger partial charge in [-0.3, -0.25) is 4.79 Å². The molecule has 0 radical (unpaired) electrons. The first-order chi connectivity index (χ1) is 10.0. The van der Waals surface area contributed by atoms with Crippen LogP contribution in [0.5, 0.6) is 5.75 Å². The van der Waals surface area contributed by atoms with Crippen molar-refractivity contribution in [1.82, 2.24) is 0 Å². The number of hydrogen-bond donors (Lipinski definition) is 2. The summed E-state index contributed by atoms with van der Waals surface area (Å²) in [6, 6.07) is 14.7. The van der Waals surface area contributed by atoms with Crippen molar-refractivity contribution in [3.8, 4) is 5.75 Å². The summed E-state index contributed by atoms with van der Waals surface area (Å²) >= 11 is 3.34. The maximum Gasteiger partial charge on any atom is 0.262 e. The highest BCUT2D eigenvalue weighted by molar-refractivity contribution is 9.10. The largest absolute Gasteiger partial charge is 0.484 e. The minimum absolute atomic E-state index is 0.0432. The molecule has 0 saturated heterocycles. The number of nitrogens with one attached hydrogen (secondary N) is 1. The number of ether oxygens (including phenoxy) is 1. The predicted molar refractivity (Wildman–Crippen MR) is 87.3 cm³/mol. The molecule has 0 bridgehead atoms. The van der Waals surface area contributed by atoms with E-state index >= 15 is 0 Å². The number of benzene rings is 2. The fourth-order valence-electron chi connectivity index (χ4n) is 1.77. The summed E-state index contributed by atoms with van der Waals surface area (Å²) in [6.45, 7) is 1.86. The normalized spacial score (nSPS) is 11.8. The van der Waals surface area contributed by atoms with Gasteiger partial charge in [-0.15, -0.1) is 0 Å². The van der Waals surface area contributed by atoms with Crippen LogP contribution in [0, 0.1) is 0 Å². The number of amides is 1. The third-order valence-corrected chi connectivity index (χ3v) is 3.41. The molecule has 2 rings (SSSR count). The van der Waals surface area contributed by atoms with E-state index in [-0.39, 0.29) is 18.6 Å². The number of rotatable bonds is 5. The summed E-state index contributed by atoms with van der Waals surface area (Å²) < 4.78 is 6.44. The second-order valence-corrected chi connectivity index (χ2v) is 5.62. The van der Waals surface area contributed by atoms with Crippen LogP contribution in [0.25, 0.3) is 0 Å². The number of carbonyl (C=O) groups excluding carboxylic acids is 1. The average Bonchev–Trinajstić information content (AvgIpc) is 2.48. The lowest BCUT2D eigenvalue weighted by Crippen LogP contribution is -2.20. The Morgan fingerprint density at radius 1 is 1.29 bits per heavy atom. The Labute approximate surface area is 132 Å². The number of halogens is 1. The first-order valence-corrected chi connectivity index (χ1v) is 7.37. The Morgan fingerprint density at radius 3 is 2.67 bits per heavy atom. The molecule has 0 saturated carbocycles. The fourth-order valence-corrected chi connectivity index (χ4v) is 2.03. The molecule has 1 unspecified atom stereocenters. The minimum Gasteiger partial charge on any atom is -0.484 e. The third kappa shape index (κ3) is 4.88. The number of carbonyl (C=O) groups is 1. The molecular weight excluding hydrogens is 332 g/mol. The molecule has 110 valence electrons. The summed E-state index contributed by atoms with van der Waals surface area (Å²) in [5.74, 6) is 0.430. The molecule has 2 aromatic carbocycles. The van der Waals surface area contributed by atoms with E-state index in [2.05, 4.69) is 21.2 Å². The van der Waals surface area contributed by atoms with Gasteiger partial charge in [0.2, 0.25) is 0 Å². The molecule has 3 N–H and O–H groups in total. The fraction of sp³-hybridized carbons (Fsp3) is 0.188. The van der Waals surface area contributed by atoms with Crippen molar-refractivity contribution >= 4 is 27.5 Å². The van der Waals surface area contributed by atoms with Crippen molar-refractivity contribution in [3.05, 3.63) is 58.6 Å². The van der Waals surface area contributed by atoms with Crippen LogP contribution in [0.3, 0.4) is 0 Å². The quantitative estimate of drug-likeness (QED) is 0.869. The van der Waals surface area contributed by atoms with Gasteiger partial charge in [-0.05, 0) is 48.9 Å². The maximum absolute atomic E-state index is 11.8. The Morgan fingerprint density at radius 2 is 2.00 bits per heavy atom. The molecule has 0 aliphatic heterocycles. The topological polar surface area (TPSA) is 64.3 Å². The number of nitrogens with two attached hydrogens (primary N) is 1. The second-order valence-electron chi connectivity index (χ2n) is 4.70. The van der Waals surface area contributed by atoms with Crippen molar-refractivity contribution in [1.29, 1.82) is 0 Å². The predicted octanol–water partition coefficient (Wildman–Crippen LogP) is 3.49. The highest BCUT2D eigenvalue weighted by Crippen LogP contribution is 2.18. The van der Waals surface area contributed by atoms with Crippen LogP contribution in [0.15, 0.2) is 53.0 Å². The van der Waals surface area contributed by atoms with E-state index in [0.29, 0.717) is 5.75 Å². The van der Waals surface area contributed by atoms with Gasteiger partial charge in [0.15, 0.2) is 6.61 Å². The van der Waals surface area contributed by atoms with E-state index in [1.165, 1.54) is 0 Å². The van der Waals surface area contributed by atoms with Gasteiger partial charge >= 0.3 is 0 Å². The van der Waals surface area contributed by atoms with Gasteiger partial charge < -0.3 is 15.8 Å². The molecule has 1 amide bonds. The first-order valence-electron chi connectivity index (χ1n) is 6.58. The van der Waals surface area contributed by atoms with E-state index in [0.717, 1.165) is 15.7 Å². The lowest BCUT2D eigenvalue weighted by Gasteiger charge is -2.10. The summed E-state index contributed by atoms with van der Waals surface area (Å²) in [6.07, 6.45) is 0. The Bertz CT molecular complexity index is 612. The van der Waals surface area contributed by atoms with Gasteiger partial charge in [0.25, 0.3) is 5.91 Å². The smallest absolute Gasteiger partial charge is 0.262 e. The highest BCUT2D eigenvalue weighted by atomic mass is 79.9. The molecule has 1 atom stereocenters. The van der Waals surface area contributed by atoms with Crippen molar-refractivity contribution < 1.29 is 9.53 Å². The number of anilines is 1. The molecule has 21 heavy (non-hydrogen) atoms. The Balaban J connectivity index is 1.89. The van der Waals surface area contributed by atoms with Crippen molar-refractivity contribution in [3.63, 3.8) is 0 Å². The zero-order valence-electron chi connectivity index (χ0n) is 11.7. The van der Waals surface area contributed by atoms with Crippen molar-refractivity contribution in [2.24, 2.45) is 5.73 Å². The maximum atomic E-state index is 11.8. The van der Waals surface area contributed by atoms with Gasteiger partial charge in [-0.2, -0.15) is 0 Å². The van der Waals surface area contributed by atoms with E-state index in [1.807, 2.05) is 49.4 Å². The summed E-state index contributed by atoms with van der Waals surface area (Å²) in [7, 11) is 0. The molecule has 0 heterocycles. The molecule has 5 heteroatoms. The molecule has 2 aromatic rings. The molecule has 0 aliphatic rings. The minimum atomic E-state index is -0.205. The molecular formula is C16H17BrN2O2. The van der Waals surface area contributed by atoms with Crippen LogP contribution in [0.1, 0.15) is 18.5 Å². The van der Waals surface area contributed by atoms with Crippen LogP contribution in [0.2, 0.25) is 0 Å². The third-order valence-electron chi connectivity index (χ3n) is 2.88. The van der Waals surface area contributed by atoms with E-state index < -0.39 is 0 Å². The van der Waals surface area contributed by atoms with Crippen molar-refractivity contribution in [2.75, 3.05) is 11.9 Å². The van der Waals surface area contributed by atoms with Crippen LogP contribution in [-0.4, -0.2) is 12.5 Å². The lowest BCUT2D eigenvalue weighted by molar-refractivity contribution is -0.118. The van der Waals surface area contributed by atoms with Crippen LogP contribution in [-0.2, 0) is 4.79 Å². The van der Waals surface area contributed by atoms with Crippen LogP contribution >= 0.6 is 15.9 Å². The Hall–Kier alpha value is -1.85. The average molecular weight is 349 g/mol. The molecule has 4 nitrogen and oxygen atoms in total. The molecule has 0 aliphatic carbocycles. The second kappa shape index (κ2) is 7.24. The van der Waals surface area contributed by atoms with Gasteiger partial charge in [-0.1, -0.05) is 28.1 Å². The van der Waals surface area contributed by atoms with Crippen LogP contribution in [0.4, 0.5) is 5.69 Å². The van der Waals surface area contributed by atoms with Gasteiger partial charge in [-0.25, -0.2) is 0 Å². The van der Waals surface area contributed by atoms with Gasteiger partial charge in [0.1, 0.15) is 5.75 Å². The summed E-state index contributed by atoms with van der Waals surface area (Å²) in [5.41, 5.74) is 7.52. The standard InChI is InChI=1S/C16H17BrN2O2/c1-11(18)12-3-2-4-15(9-12)21-10-16(20)19-14-7-5-13(17)6-8-14/h2-9,11H,10,18H2,1H3,(H,19,20). The van der Waals surface area contributed by atoms with E-state index in [1.54, 1.807) is 6.07 Å². The SMILES string of the molecule is CC(N)c1cccc(OCC(=O)Nc2ccc(Br)cc2)c1. The highest BCUT2D eigenvalue weighted by Gasteiger charge is 2.05. The molecule has 0 spiro atoms. The Kier molecular flexibility index (Phi) is 5.36. The first kappa shape index (κ1) is 15.5. The monoisotopic (exact) mass is 348 g/mol. The summed E-state index contributed by atoms with van der Waals surface area (Å²) in [5, 5.41) is 2.77. The van der Waals surface area contributed by atoms with Gasteiger partial charge in [0.05, 0.1) is 0 Å². The van der Waals surface area contributed by atoms with Crippen molar-refractivity contribution in [2.45, 2.75) is 13.0 Å². The van der Waals surface area contributed by atoms with E-state index in [9.17, 15) is 4.79 Å². The van der Waals surface area contributed by atoms with E-state index in [4.69, 9.17) is 10.5 Å².